The molecule has 0 aromatic rings. The van der Waals surface area contributed by atoms with E-state index in [0.717, 1.165) is 0 Å². The van der Waals surface area contributed by atoms with Crippen LogP contribution in [0.3, 0.4) is 0 Å². The lowest BCUT2D eigenvalue weighted by atomic mass is 10.2. The number of rotatable bonds is 9. The summed E-state index contributed by atoms with van der Waals surface area (Å²) in [5.74, 6) is -0.747. The quantitative estimate of drug-likeness (QED) is 0.355. The highest BCUT2D eigenvalue weighted by Crippen LogP contribution is 1.94. The monoisotopic (exact) mass is 232 g/mol. The van der Waals surface area contributed by atoms with Crippen molar-refractivity contribution in [1.82, 2.24) is 5.32 Å². The maximum Gasteiger partial charge on any atom is 0.308 e. The molecule has 0 fully saturated rings. The highest BCUT2D eigenvalue weighted by molar-refractivity contribution is 5.73. The molecular formula is C10H20N2O4. The van der Waals surface area contributed by atoms with Gasteiger partial charge in [0.15, 0.2) is 0 Å². The number of carbonyl (C=O) groups is 2. The lowest BCUT2D eigenvalue weighted by Gasteiger charge is -2.10. The average molecular weight is 232 g/mol. The summed E-state index contributed by atoms with van der Waals surface area (Å²) in [4.78, 5) is 21.4. The Kier molecular flexibility index (Phi) is 8.46. The molecule has 1 atom stereocenters. The third-order valence-corrected chi connectivity index (χ3v) is 1.86. The van der Waals surface area contributed by atoms with Gasteiger partial charge in [0, 0.05) is 13.0 Å². The smallest absolute Gasteiger partial charge is 0.308 e. The zero-order valence-corrected chi connectivity index (χ0v) is 9.57. The van der Waals surface area contributed by atoms with Gasteiger partial charge in [-0.2, -0.15) is 0 Å². The van der Waals surface area contributed by atoms with Crippen molar-refractivity contribution in [2.45, 2.75) is 32.3 Å². The molecule has 16 heavy (non-hydrogen) atoms. The summed E-state index contributed by atoms with van der Waals surface area (Å²) in [7, 11) is 0. The number of nitrogens with one attached hydrogen (secondary N) is 1. The van der Waals surface area contributed by atoms with Gasteiger partial charge in [-0.15, -0.1) is 0 Å². The van der Waals surface area contributed by atoms with E-state index in [-0.39, 0.29) is 12.3 Å². The van der Waals surface area contributed by atoms with Crippen LogP contribution >= 0.6 is 0 Å². The molecule has 0 aromatic carbocycles. The molecule has 0 heterocycles. The van der Waals surface area contributed by atoms with Gasteiger partial charge < -0.3 is 20.9 Å². The standard InChI is InChI=1S/C10H20N2O4/c1-2-16-10(15)6-8(13)7-12-5-3-4-9(11)14/h8,12-13H,2-7H2,1H3,(H2,11,14). The van der Waals surface area contributed by atoms with Crippen molar-refractivity contribution in [3.8, 4) is 0 Å². The van der Waals surface area contributed by atoms with Gasteiger partial charge in [-0.3, -0.25) is 9.59 Å². The Labute approximate surface area is 95.1 Å². The molecule has 0 radical (unpaired) electrons. The number of amides is 1. The molecular weight excluding hydrogens is 212 g/mol. The first-order valence-corrected chi connectivity index (χ1v) is 5.39. The maximum atomic E-state index is 11.0. The molecule has 0 rings (SSSR count). The van der Waals surface area contributed by atoms with Crippen molar-refractivity contribution < 1.29 is 19.4 Å². The van der Waals surface area contributed by atoms with E-state index in [2.05, 4.69) is 10.1 Å². The summed E-state index contributed by atoms with van der Waals surface area (Å²) in [6.45, 7) is 2.92. The number of carbonyl (C=O) groups excluding carboxylic acids is 2. The van der Waals surface area contributed by atoms with Gasteiger partial charge >= 0.3 is 5.97 Å². The number of hydrogen-bond acceptors (Lipinski definition) is 5. The van der Waals surface area contributed by atoms with Gasteiger partial charge in [-0.05, 0) is 19.9 Å². The Morgan fingerprint density at radius 3 is 2.75 bits per heavy atom. The van der Waals surface area contributed by atoms with Gasteiger partial charge in [0.25, 0.3) is 0 Å². The van der Waals surface area contributed by atoms with E-state index < -0.39 is 12.1 Å². The first-order valence-electron chi connectivity index (χ1n) is 5.39. The number of aliphatic hydroxyl groups is 1. The Balaban J connectivity index is 3.39. The van der Waals surface area contributed by atoms with Crippen LogP contribution in [0.25, 0.3) is 0 Å². The number of hydrogen-bond donors (Lipinski definition) is 3. The molecule has 4 N–H and O–H groups in total. The zero-order chi connectivity index (χ0) is 12.4. The second-order valence-electron chi connectivity index (χ2n) is 3.44. The molecule has 0 aromatic heterocycles. The van der Waals surface area contributed by atoms with E-state index >= 15 is 0 Å². The molecule has 0 aliphatic heterocycles. The topological polar surface area (TPSA) is 102 Å². The normalized spacial score (nSPS) is 12.1. The van der Waals surface area contributed by atoms with Crippen LogP contribution in [0.2, 0.25) is 0 Å². The van der Waals surface area contributed by atoms with Crippen molar-refractivity contribution in [2.24, 2.45) is 5.73 Å². The minimum absolute atomic E-state index is 0.0172. The van der Waals surface area contributed by atoms with E-state index in [1.165, 1.54) is 0 Å². The molecule has 6 heteroatoms. The molecule has 6 nitrogen and oxygen atoms in total. The summed E-state index contributed by atoms with van der Waals surface area (Å²) in [6, 6.07) is 0. The van der Waals surface area contributed by atoms with Gasteiger partial charge in [0.2, 0.25) is 5.91 Å². The van der Waals surface area contributed by atoms with Crippen LogP contribution in [-0.4, -0.2) is 42.8 Å². The van der Waals surface area contributed by atoms with Gasteiger partial charge in [0.1, 0.15) is 0 Å². The summed E-state index contributed by atoms with van der Waals surface area (Å²) in [6.07, 6.45) is 0.173. The molecule has 0 aliphatic carbocycles. The Morgan fingerprint density at radius 1 is 1.50 bits per heavy atom. The largest absolute Gasteiger partial charge is 0.466 e. The molecule has 1 amide bonds. The third-order valence-electron chi connectivity index (χ3n) is 1.86. The van der Waals surface area contributed by atoms with Crippen LogP contribution < -0.4 is 11.1 Å². The first kappa shape index (κ1) is 14.9. The molecule has 0 bridgehead atoms. The predicted molar refractivity (Wildman–Crippen MR) is 58.6 cm³/mol. The van der Waals surface area contributed by atoms with Crippen molar-refractivity contribution >= 4 is 11.9 Å². The number of nitrogens with two attached hydrogens (primary N) is 1. The van der Waals surface area contributed by atoms with Crippen LogP contribution in [0, 0.1) is 0 Å². The lowest BCUT2D eigenvalue weighted by Crippen LogP contribution is -2.30. The number of primary amides is 1. The first-order chi connectivity index (χ1) is 7.56. The fourth-order valence-electron chi connectivity index (χ4n) is 1.14. The van der Waals surface area contributed by atoms with E-state index in [4.69, 9.17) is 5.73 Å². The second-order valence-corrected chi connectivity index (χ2v) is 3.44. The van der Waals surface area contributed by atoms with E-state index in [9.17, 15) is 14.7 Å². The second kappa shape index (κ2) is 9.11. The fourth-order valence-corrected chi connectivity index (χ4v) is 1.14. The minimum Gasteiger partial charge on any atom is -0.466 e. The minimum atomic E-state index is -0.757. The SMILES string of the molecule is CCOC(=O)CC(O)CNCCCC(N)=O. The van der Waals surface area contributed by atoms with Crippen LogP contribution in [0.5, 0.6) is 0 Å². The van der Waals surface area contributed by atoms with E-state index in [0.29, 0.717) is 32.5 Å². The van der Waals surface area contributed by atoms with Gasteiger partial charge in [-0.1, -0.05) is 0 Å². The molecule has 1 unspecified atom stereocenters. The lowest BCUT2D eigenvalue weighted by molar-refractivity contribution is -0.145. The summed E-state index contributed by atoms with van der Waals surface area (Å²) < 4.78 is 4.68. The Morgan fingerprint density at radius 2 is 2.19 bits per heavy atom. The van der Waals surface area contributed by atoms with Crippen LogP contribution in [0.1, 0.15) is 26.2 Å². The van der Waals surface area contributed by atoms with Crippen LogP contribution in [0.4, 0.5) is 0 Å². The van der Waals surface area contributed by atoms with Crippen molar-refractivity contribution in [1.29, 1.82) is 0 Å². The molecule has 0 spiro atoms. The van der Waals surface area contributed by atoms with Gasteiger partial charge in [0.05, 0.1) is 19.1 Å². The van der Waals surface area contributed by atoms with Crippen molar-refractivity contribution in [2.75, 3.05) is 19.7 Å². The van der Waals surface area contributed by atoms with Crippen molar-refractivity contribution in [3.63, 3.8) is 0 Å². The Hall–Kier alpha value is -1.14. The van der Waals surface area contributed by atoms with Crippen molar-refractivity contribution in [3.05, 3.63) is 0 Å². The molecule has 0 saturated heterocycles. The number of ether oxygens (including phenoxy) is 1. The zero-order valence-electron chi connectivity index (χ0n) is 9.57. The van der Waals surface area contributed by atoms with E-state index in [1.807, 2.05) is 0 Å². The molecule has 0 saturated carbocycles. The highest BCUT2D eigenvalue weighted by Gasteiger charge is 2.10. The maximum absolute atomic E-state index is 11.0. The summed E-state index contributed by atoms with van der Waals surface area (Å²) in [5.41, 5.74) is 4.96. The average Bonchev–Trinajstić information content (AvgIpc) is 2.16. The van der Waals surface area contributed by atoms with Gasteiger partial charge in [-0.25, -0.2) is 0 Å². The Bertz CT molecular complexity index is 221. The van der Waals surface area contributed by atoms with Crippen LogP contribution in [0.15, 0.2) is 0 Å². The summed E-state index contributed by atoms with van der Waals surface area (Å²) in [5, 5.41) is 12.3. The highest BCUT2D eigenvalue weighted by atomic mass is 16.5. The predicted octanol–water partition coefficient (Wildman–Crippen LogP) is -0.844. The fraction of sp³-hybridized carbons (Fsp3) is 0.800. The number of aliphatic hydroxyl groups excluding tert-OH is 1. The summed E-state index contributed by atoms with van der Waals surface area (Å²) >= 11 is 0. The third kappa shape index (κ3) is 9.42. The molecule has 0 aliphatic rings. The molecule has 94 valence electrons. The number of esters is 1. The van der Waals surface area contributed by atoms with E-state index in [1.54, 1.807) is 6.92 Å². The van der Waals surface area contributed by atoms with Crippen LogP contribution in [-0.2, 0) is 14.3 Å².